The van der Waals surface area contributed by atoms with Crippen LogP contribution in [0.15, 0.2) is 39.3 Å². The molecular formula is C14H9Br3Cl2O. The van der Waals surface area contributed by atoms with Gasteiger partial charge in [-0.3, -0.25) is 0 Å². The SMILES string of the molecule is COc1c(Br)cc(Cl)cc1C(Br)c1ccc(Cl)c(Br)c1. The summed E-state index contributed by atoms with van der Waals surface area (Å²) in [5, 5.41) is 1.32. The van der Waals surface area contributed by atoms with E-state index in [-0.39, 0.29) is 4.83 Å². The number of rotatable bonds is 3. The van der Waals surface area contributed by atoms with Gasteiger partial charge >= 0.3 is 0 Å². The maximum atomic E-state index is 6.13. The number of halogens is 5. The molecule has 0 saturated heterocycles. The highest BCUT2D eigenvalue weighted by atomic mass is 79.9. The lowest BCUT2D eigenvalue weighted by molar-refractivity contribution is 0.408. The van der Waals surface area contributed by atoms with Gasteiger partial charge in [-0.15, -0.1) is 0 Å². The van der Waals surface area contributed by atoms with Gasteiger partial charge in [0.05, 0.1) is 21.4 Å². The average molecular weight is 504 g/mol. The van der Waals surface area contributed by atoms with Crippen molar-refractivity contribution >= 4 is 71.0 Å². The second-order valence-electron chi connectivity index (χ2n) is 4.05. The Labute approximate surface area is 153 Å². The van der Waals surface area contributed by atoms with E-state index < -0.39 is 0 Å². The zero-order valence-electron chi connectivity index (χ0n) is 10.3. The van der Waals surface area contributed by atoms with Crippen LogP contribution in [0.2, 0.25) is 10.0 Å². The Morgan fingerprint density at radius 3 is 2.35 bits per heavy atom. The quantitative estimate of drug-likeness (QED) is 0.409. The third-order valence-corrected chi connectivity index (χ3v) is 5.79. The van der Waals surface area contributed by atoms with Gasteiger partial charge in [-0.25, -0.2) is 0 Å². The van der Waals surface area contributed by atoms with Gasteiger partial charge in [0, 0.05) is 15.1 Å². The number of alkyl halides is 1. The van der Waals surface area contributed by atoms with Crippen LogP contribution < -0.4 is 4.74 Å². The highest BCUT2D eigenvalue weighted by Crippen LogP contribution is 2.43. The van der Waals surface area contributed by atoms with E-state index in [2.05, 4.69) is 47.8 Å². The van der Waals surface area contributed by atoms with Crippen LogP contribution in [-0.2, 0) is 0 Å². The molecule has 0 saturated carbocycles. The topological polar surface area (TPSA) is 9.23 Å². The molecule has 0 fully saturated rings. The van der Waals surface area contributed by atoms with Gasteiger partial charge < -0.3 is 4.74 Å². The van der Waals surface area contributed by atoms with Crippen LogP contribution in [0.1, 0.15) is 16.0 Å². The van der Waals surface area contributed by atoms with E-state index in [9.17, 15) is 0 Å². The molecule has 0 aromatic heterocycles. The van der Waals surface area contributed by atoms with Gasteiger partial charge in [-0.2, -0.15) is 0 Å². The third kappa shape index (κ3) is 3.53. The molecule has 0 heterocycles. The molecule has 0 aliphatic rings. The number of benzene rings is 2. The first-order chi connectivity index (χ1) is 9.43. The van der Waals surface area contributed by atoms with Gasteiger partial charge in [0.2, 0.25) is 0 Å². The summed E-state index contributed by atoms with van der Waals surface area (Å²) >= 11 is 22.7. The normalized spacial score (nSPS) is 12.3. The molecule has 1 unspecified atom stereocenters. The molecule has 0 aliphatic carbocycles. The molecule has 0 aliphatic heterocycles. The molecular weight excluding hydrogens is 495 g/mol. The summed E-state index contributed by atoms with van der Waals surface area (Å²) in [6.45, 7) is 0. The van der Waals surface area contributed by atoms with Gasteiger partial charge in [0.15, 0.2) is 0 Å². The first kappa shape index (κ1) is 16.6. The number of hydrogen-bond donors (Lipinski definition) is 0. The van der Waals surface area contributed by atoms with Crippen LogP contribution in [-0.4, -0.2) is 7.11 Å². The van der Waals surface area contributed by atoms with Crippen molar-refractivity contribution in [3.63, 3.8) is 0 Å². The lowest BCUT2D eigenvalue weighted by Gasteiger charge is -2.17. The van der Waals surface area contributed by atoms with Crippen molar-refractivity contribution in [2.24, 2.45) is 0 Å². The lowest BCUT2D eigenvalue weighted by atomic mass is 10.0. The standard InChI is InChI=1S/C14H9Br3Cl2O/c1-20-14-9(5-8(18)6-11(14)16)13(17)7-2-3-12(19)10(15)4-7/h2-6,13H,1H3. The van der Waals surface area contributed by atoms with Gasteiger partial charge in [-0.1, -0.05) is 45.2 Å². The molecule has 2 aromatic carbocycles. The maximum Gasteiger partial charge on any atom is 0.137 e. The Kier molecular flexibility index (Phi) is 5.83. The van der Waals surface area contributed by atoms with E-state index in [0.717, 1.165) is 25.8 Å². The minimum Gasteiger partial charge on any atom is -0.495 e. The maximum absolute atomic E-state index is 6.13. The Morgan fingerprint density at radius 2 is 1.75 bits per heavy atom. The first-order valence-corrected chi connectivity index (χ1v) is 8.81. The third-order valence-electron chi connectivity index (χ3n) is 2.75. The fourth-order valence-electron chi connectivity index (χ4n) is 1.83. The fraction of sp³-hybridized carbons (Fsp3) is 0.143. The Hall–Kier alpha value is 0.260. The molecule has 0 amide bonds. The van der Waals surface area contributed by atoms with Gasteiger partial charge in [0.25, 0.3) is 0 Å². The lowest BCUT2D eigenvalue weighted by Crippen LogP contribution is -1.98. The molecule has 20 heavy (non-hydrogen) atoms. The monoisotopic (exact) mass is 500 g/mol. The minimum absolute atomic E-state index is 0.0546. The van der Waals surface area contributed by atoms with E-state index in [4.69, 9.17) is 27.9 Å². The van der Waals surface area contributed by atoms with Gasteiger partial charge in [-0.05, 0) is 61.7 Å². The molecule has 2 rings (SSSR count). The predicted octanol–water partition coefficient (Wildman–Crippen LogP) is 7.01. The van der Waals surface area contributed by atoms with E-state index >= 15 is 0 Å². The second-order valence-corrected chi connectivity index (χ2v) is 7.51. The van der Waals surface area contributed by atoms with Crippen LogP contribution in [0.3, 0.4) is 0 Å². The highest BCUT2D eigenvalue weighted by Gasteiger charge is 2.19. The summed E-state index contributed by atoms with van der Waals surface area (Å²) in [6.07, 6.45) is 0. The van der Waals surface area contributed by atoms with Crippen LogP contribution in [0.5, 0.6) is 5.75 Å². The zero-order chi connectivity index (χ0) is 14.9. The molecule has 1 nitrogen and oxygen atoms in total. The summed E-state index contributed by atoms with van der Waals surface area (Å²) in [4.78, 5) is -0.0546. The molecule has 0 spiro atoms. The average Bonchev–Trinajstić information content (AvgIpc) is 2.40. The van der Waals surface area contributed by atoms with Gasteiger partial charge in [0.1, 0.15) is 5.75 Å². The second kappa shape index (κ2) is 7.01. The molecule has 106 valence electrons. The molecule has 2 aromatic rings. The largest absolute Gasteiger partial charge is 0.495 e. The van der Waals surface area contributed by atoms with Crippen molar-refractivity contribution in [1.29, 1.82) is 0 Å². The Balaban J connectivity index is 2.52. The molecule has 1 atom stereocenters. The highest BCUT2D eigenvalue weighted by molar-refractivity contribution is 9.11. The first-order valence-electron chi connectivity index (χ1n) is 5.56. The number of hydrogen-bond acceptors (Lipinski definition) is 1. The van der Waals surface area contributed by atoms with Crippen molar-refractivity contribution in [3.05, 3.63) is 60.4 Å². The Bertz CT molecular complexity index is 647. The van der Waals surface area contributed by atoms with Crippen molar-refractivity contribution in [2.75, 3.05) is 7.11 Å². The van der Waals surface area contributed by atoms with E-state index in [1.54, 1.807) is 13.2 Å². The number of ether oxygens (including phenoxy) is 1. The molecule has 0 bridgehead atoms. The van der Waals surface area contributed by atoms with E-state index in [1.165, 1.54) is 0 Å². The summed E-state index contributed by atoms with van der Waals surface area (Å²) in [6, 6.07) is 9.46. The summed E-state index contributed by atoms with van der Waals surface area (Å²) in [5.41, 5.74) is 2.00. The van der Waals surface area contributed by atoms with Crippen molar-refractivity contribution in [2.45, 2.75) is 4.83 Å². The predicted molar refractivity (Wildman–Crippen MR) is 95.6 cm³/mol. The summed E-state index contributed by atoms with van der Waals surface area (Å²) < 4.78 is 7.12. The smallest absolute Gasteiger partial charge is 0.137 e. The Morgan fingerprint density at radius 1 is 1.05 bits per heavy atom. The summed E-state index contributed by atoms with van der Waals surface area (Å²) in [7, 11) is 1.63. The van der Waals surface area contributed by atoms with E-state index in [1.807, 2.05) is 24.3 Å². The van der Waals surface area contributed by atoms with Crippen molar-refractivity contribution in [1.82, 2.24) is 0 Å². The van der Waals surface area contributed by atoms with Crippen LogP contribution in [0.4, 0.5) is 0 Å². The fourth-order valence-corrected chi connectivity index (χ4v) is 3.97. The van der Waals surface area contributed by atoms with E-state index in [0.29, 0.717) is 10.0 Å². The van der Waals surface area contributed by atoms with Crippen LogP contribution in [0, 0.1) is 0 Å². The van der Waals surface area contributed by atoms with Crippen molar-refractivity contribution in [3.8, 4) is 5.75 Å². The molecule has 6 heteroatoms. The molecule has 0 radical (unpaired) electrons. The van der Waals surface area contributed by atoms with Crippen LogP contribution >= 0.6 is 71.0 Å². The molecule has 0 N–H and O–H groups in total. The van der Waals surface area contributed by atoms with Crippen molar-refractivity contribution < 1.29 is 4.74 Å². The zero-order valence-corrected chi connectivity index (χ0v) is 16.5. The summed E-state index contributed by atoms with van der Waals surface area (Å²) in [5.74, 6) is 0.752. The van der Waals surface area contributed by atoms with Crippen LogP contribution in [0.25, 0.3) is 0 Å². The number of methoxy groups -OCH3 is 1. The minimum atomic E-state index is -0.0546.